The average Bonchev–Trinajstić information content (AvgIpc) is 2.89. The van der Waals surface area contributed by atoms with Crippen molar-refractivity contribution >= 4 is 22.9 Å². The van der Waals surface area contributed by atoms with Crippen molar-refractivity contribution in [3.63, 3.8) is 0 Å². The van der Waals surface area contributed by atoms with Crippen molar-refractivity contribution < 1.29 is 5.11 Å². The van der Waals surface area contributed by atoms with E-state index < -0.39 is 6.10 Å². The van der Waals surface area contributed by atoms with Gasteiger partial charge in [-0.3, -0.25) is 4.68 Å². The van der Waals surface area contributed by atoms with Gasteiger partial charge in [-0.15, -0.1) is 11.3 Å². The quantitative estimate of drug-likeness (QED) is 0.910. The third-order valence-corrected chi connectivity index (χ3v) is 3.91. The molecule has 2 aromatic heterocycles. The van der Waals surface area contributed by atoms with Crippen LogP contribution in [0.3, 0.4) is 0 Å². The molecule has 0 bridgehead atoms. The highest BCUT2D eigenvalue weighted by Gasteiger charge is 2.16. The lowest BCUT2D eigenvalue weighted by atomic mass is 10.2. The van der Waals surface area contributed by atoms with Crippen LogP contribution in [0, 0.1) is 0 Å². The lowest BCUT2D eigenvalue weighted by Crippen LogP contribution is -2.09. The Morgan fingerprint density at radius 3 is 3.06 bits per heavy atom. The second-order valence-electron chi connectivity index (χ2n) is 3.75. The summed E-state index contributed by atoms with van der Waals surface area (Å²) in [6.07, 6.45) is 2.35. The predicted molar refractivity (Wildman–Crippen MR) is 68.3 cm³/mol. The fraction of sp³-hybridized carbons (Fsp3) is 0.455. The standard InChI is InChI=1S/C11H14ClN3OS/c1-2-4-15-10(13-7-14-15)6-9(16)11-8(12)3-5-17-11/h3,5,7,9,16H,2,4,6H2,1H3. The third kappa shape index (κ3) is 2.86. The molecule has 2 rings (SSSR count). The molecule has 0 saturated carbocycles. The molecule has 0 aliphatic heterocycles. The van der Waals surface area contributed by atoms with Crippen LogP contribution in [-0.4, -0.2) is 19.9 Å². The van der Waals surface area contributed by atoms with Gasteiger partial charge in [-0.2, -0.15) is 5.10 Å². The molecule has 0 saturated heterocycles. The number of halogens is 1. The Bertz CT molecular complexity index is 483. The molecule has 1 N–H and O–H groups in total. The number of aliphatic hydroxyl groups is 1. The van der Waals surface area contributed by atoms with E-state index in [2.05, 4.69) is 17.0 Å². The molecule has 0 aromatic carbocycles. The van der Waals surface area contributed by atoms with Crippen LogP contribution in [0.4, 0.5) is 0 Å². The van der Waals surface area contributed by atoms with E-state index in [0.717, 1.165) is 23.7 Å². The lowest BCUT2D eigenvalue weighted by Gasteiger charge is -2.09. The summed E-state index contributed by atoms with van der Waals surface area (Å²) < 4.78 is 1.82. The zero-order valence-corrected chi connectivity index (χ0v) is 11.1. The van der Waals surface area contributed by atoms with E-state index in [1.165, 1.54) is 17.7 Å². The summed E-state index contributed by atoms with van der Waals surface area (Å²) >= 11 is 7.44. The molecule has 1 atom stereocenters. The maximum Gasteiger partial charge on any atom is 0.138 e. The van der Waals surface area contributed by atoms with Crippen LogP contribution in [-0.2, 0) is 13.0 Å². The van der Waals surface area contributed by atoms with E-state index in [1.807, 2.05) is 10.1 Å². The normalized spacial score (nSPS) is 12.9. The lowest BCUT2D eigenvalue weighted by molar-refractivity contribution is 0.177. The topological polar surface area (TPSA) is 50.9 Å². The molecule has 0 fully saturated rings. The Morgan fingerprint density at radius 2 is 2.41 bits per heavy atom. The molecule has 6 heteroatoms. The van der Waals surface area contributed by atoms with Crippen molar-refractivity contribution in [2.75, 3.05) is 0 Å². The fourth-order valence-corrected chi connectivity index (χ4v) is 2.82. The highest BCUT2D eigenvalue weighted by Crippen LogP contribution is 2.30. The first kappa shape index (κ1) is 12.5. The van der Waals surface area contributed by atoms with Crippen molar-refractivity contribution in [1.82, 2.24) is 14.8 Å². The highest BCUT2D eigenvalue weighted by molar-refractivity contribution is 7.10. The Balaban J connectivity index is 2.10. The number of nitrogens with zero attached hydrogens (tertiary/aromatic N) is 3. The zero-order chi connectivity index (χ0) is 12.3. The molecule has 0 aliphatic carbocycles. The number of aromatic nitrogens is 3. The van der Waals surface area contributed by atoms with E-state index in [9.17, 15) is 5.11 Å². The van der Waals surface area contributed by atoms with Gasteiger partial charge in [0.15, 0.2) is 0 Å². The maximum atomic E-state index is 10.1. The number of aryl methyl sites for hydroxylation is 1. The van der Waals surface area contributed by atoms with Crippen LogP contribution in [0.5, 0.6) is 0 Å². The summed E-state index contributed by atoms with van der Waals surface area (Å²) in [4.78, 5) is 4.96. The molecule has 1 unspecified atom stereocenters. The van der Waals surface area contributed by atoms with Crippen molar-refractivity contribution in [3.05, 3.63) is 33.5 Å². The molecule has 0 radical (unpaired) electrons. The smallest absolute Gasteiger partial charge is 0.138 e. The summed E-state index contributed by atoms with van der Waals surface area (Å²) in [5, 5.41) is 16.7. The zero-order valence-electron chi connectivity index (χ0n) is 9.51. The van der Waals surface area contributed by atoms with Gasteiger partial charge in [-0.05, 0) is 17.9 Å². The molecule has 2 heterocycles. The van der Waals surface area contributed by atoms with Gasteiger partial charge in [0.1, 0.15) is 12.2 Å². The fourth-order valence-electron chi connectivity index (χ4n) is 1.65. The van der Waals surface area contributed by atoms with E-state index in [0.29, 0.717) is 11.4 Å². The van der Waals surface area contributed by atoms with Gasteiger partial charge in [0.25, 0.3) is 0 Å². The molecule has 2 aromatic rings. The second kappa shape index (κ2) is 5.62. The Labute approximate surface area is 109 Å². The maximum absolute atomic E-state index is 10.1. The van der Waals surface area contributed by atoms with E-state index >= 15 is 0 Å². The highest BCUT2D eigenvalue weighted by atomic mass is 35.5. The molecule has 0 spiro atoms. The Morgan fingerprint density at radius 1 is 1.59 bits per heavy atom. The molecular weight excluding hydrogens is 258 g/mol. The molecule has 17 heavy (non-hydrogen) atoms. The van der Waals surface area contributed by atoms with E-state index in [4.69, 9.17) is 11.6 Å². The first-order chi connectivity index (χ1) is 8.22. The summed E-state index contributed by atoms with van der Waals surface area (Å²) in [6, 6.07) is 1.79. The molecule has 92 valence electrons. The summed E-state index contributed by atoms with van der Waals surface area (Å²) in [5.74, 6) is 0.795. The monoisotopic (exact) mass is 271 g/mol. The molecular formula is C11H14ClN3OS. The number of aliphatic hydroxyl groups excluding tert-OH is 1. The first-order valence-corrected chi connectivity index (χ1v) is 6.75. The number of hydrogen-bond acceptors (Lipinski definition) is 4. The number of rotatable bonds is 5. The summed E-state index contributed by atoms with van der Waals surface area (Å²) in [7, 11) is 0. The van der Waals surface area contributed by atoms with Gasteiger partial charge in [-0.1, -0.05) is 18.5 Å². The van der Waals surface area contributed by atoms with Crippen LogP contribution in [0.25, 0.3) is 0 Å². The Hall–Kier alpha value is -0.910. The largest absolute Gasteiger partial charge is 0.387 e. The van der Waals surface area contributed by atoms with E-state index in [1.54, 1.807) is 6.07 Å². The molecule has 4 nitrogen and oxygen atoms in total. The van der Waals surface area contributed by atoms with Crippen molar-refractivity contribution in [2.45, 2.75) is 32.4 Å². The van der Waals surface area contributed by atoms with E-state index in [-0.39, 0.29) is 0 Å². The average molecular weight is 272 g/mol. The summed E-state index contributed by atoms with van der Waals surface area (Å²) in [5.41, 5.74) is 0. The van der Waals surface area contributed by atoms with Gasteiger partial charge >= 0.3 is 0 Å². The van der Waals surface area contributed by atoms with Gasteiger partial charge in [0, 0.05) is 13.0 Å². The second-order valence-corrected chi connectivity index (χ2v) is 5.11. The SMILES string of the molecule is CCCn1ncnc1CC(O)c1sccc1Cl. The van der Waals surface area contributed by atoms with Gasteiger partial charge in [0.2, 0.25) is 0 Å². The minimum absolute atomic E-state index is 0.445. The third-order valence-electron chi connectivity index (χ3n) is 2.45. The van der Waals surface area contributed by atoms with Gasteiger partial charge in [-0.25, -0.2) is 4.98 Å². The first-order valence-electron chi connectivity index (χ1n) is 5.50. The van der Waals surface area contributed by atoms with Crippen LogP contribution in [0.15, 0.2) is 17.8 Å². The number of hydrogen-bond donors (Lipinski definition) is 1. The van der Waals surface area contributed by atoms with Crippen LogP contribution in [0.2, 0.25) is 5.02 Å². The summed E-state index contributed by atoms with van der Waals surface area (Å²) in [6.45, 7) is 2.90. The van der Waals surface area contributed by atoms with Gasteiger partial charge < -0.3 is 5.11 Å². The molecule has 0 aliphatic rings. The predicted octanol–water partition coefficient (Wildman–Crippen LogP) is 2.68. The van der Waals surface area contributed by atoms with Crippen LogP contribution in [0.1, 0.15) is 30.2 Å². The Kier molecular flexibility index (Phi) is 4.15. The van der Waals surface area contributed by atoms with Crippen molar-refractivity contribution in [1.29, 1.82) is 0 Å². The van der Waals surface area contributed by atoms with Crippen molar-refractivity contribution in [2.24, 2.45) is 0 Å². The number of thiophene rings is 1. The minimum atomic E-state index is -0.609. The molecule has 0 amide bonds. The van der Waals surface area contributed by atoms with Crippen LogP contribution < -0.4 is 0 Å². The van der Waals surface area contributed by atoms with Gasteiger partial charge in [0.05, 0.1) is 16.0 Å². The van der Waals surface area contributed by atoms with Crippen molar-refractivity contribution in [3.8, 4) is 0 Å². The minimum Gasteiger partial charge on any atom is -0.387 e. The van der Waals surface area contributed by atoms with Crippen LogP contribution >= 0.6 is 22.9 Å².